The lowest BCUT2D eigenvalue weighted by atomic mass is 10.0. The largest absolute Gasteiger partial charge is 0.483 e. The van der Waals surface area contributed by atoms with Crippen molar-refractivity contribution in [1.82, 2.24) is 5.32 Å². The number of rotatable bonds is 0. The molecule has 1 atom stereocenters. The van der Waals surface area contributed by atoms with Gasteiger partial charge in [0.05, 0.1) is 0 Å². The third kappa shape index (κ3) is 4.79. The lowest BCUT2D eigenvalue weighted by Gasteiger charge is -2.17. The molecule has 0 aliphatic carbocycles. The molecule has 1 aliphatic rings. The van der Waals surface area contributed by atoms with Gasteiger partial charge in [-0.1, -0.05) is 0 Å². The Morgan fingerprint density at radius 1 is 1.64 bits per heavy atom. The summed E-state index contributed by atoms with van der Waals surface area (Å²) in [7, 11) is 0. The number of carboxylic acid groups (broad SMARTS) is 1. The van der Waals surface area contributed by atoms with E-state index < -0.39 is 0 Å². The van der Waals surface area contributed by atoms with Gasteiger partial charge in [0.2, 0.25) is 0 Å². The maximum Gasteiger partial charge on any atom is 0.290 e. The van der Waals surface area contributed by atoms with Crippen LogP contribution in [-0.4, -0.2) is 23.2 Å². The predicted molar refractivity (Wildman–Crippen MR) is 44.6 cm³/mol. The zero-order valence-electron chi connectivity index (χ0n) is 7.42. The molecule has 3 nitrogen and oxygen atoms in total. The highest BCUT2D eigenvalue weighted by molar-refractivity contribution is 5.32. The Labute approximate surface area is 67.8 Å². The Morgan fingerprint density at radius 3 is 2.18 bits per heavy atom. The van der Waals surface area contributed by atoms with E-state index in [1.165, 1.54) is 12.8 Å². The van der Waals surface area contributed by atoms with Crippen molar-refractivity contribution in [2.24, 2.45) is 0 Å². The van der Waals surface area contributed by atoms with Gasteiger partial charge in [0, 0.05) is 11.6 Å². The van der Waals surface area contributed by atoms with E-state index in [-0.39, 0.29) is 6.47 Å². The maximum absolute atomic E-state index is 8.36. The van der Waals surface area contributed by atoms with Crippen molar-refractivity contribution in [2.45, 2.75) is 45.2 Å². The number of carbonyl (C=O) groups is 1. The van der Waals surface area contributed by atoms with E-state index in [0.29, 0.717) is 5.54 Å². The average Bonchev–Trinajstić information content (AvgIpc) is 2.11. The highest BCUT2D eigenvalue weighted by atomic mass is 16.3. The topological polar surface area (TPSA) is 49.3 Å². The second-order valence-electron chi connectivity index (χ2n) is 3.57. The molecule has 0 bridgehead atoms. The van der Waals surface area contributed by atoms with Gasteiger partial charge in [0.1, 0.15) is 0 Å². The summed E-state index contributed by atoms with van der Waals surface area (Å²) in [4.78, 5) is 8.36. The van der Waals surface area contributed by atoms with Crippen molar-refractivity contribution in [3.8, 4) is 0 Å². The predicted octanol–water partition coefficient (Wildman–Crippen LogP) is 1.24. The molecule has 1 heterocycles. The fourth-order valence-corrected chi connectivity index (χ4v) is 1.39. The van der Waals surface area contributed by atoms with Gasteiger partial charge in [-0.15, -0.1) is 0 Å². The van der Waals surface area contributed by atoms with Gasteiger partial charge in [-0.3, -0.25) is 4.79 Å². The fourth-order valence-electron chi connectivity index (χ4n) is 1.39. The lowest BCUT2D eigenvalue weighted by Crippen LogP contribution is -2.35. The second-order valence-corrected chi connectivity index (χ2v) is 3.57. The molecule has 0 aromatic carbocycles. The van der Waals surface area contributed by atoms with Gasteiger partial charge < -0.3 is 10.4 Å². The summed E-state index contributed by atoms with van der Waals surface area (Å²) >= 11 is 0. The van der Waals surface area contributed by atoms with Gasteiger partial charge in [0.25, 0.3) is 6.47 Å². The first kappa shape index (κ1) is 10.4. The first-order chi connectivity index (χ1) is 5.02. The molecule has 0 spiro atoms. The number of hydrogen-bond donors (Lipinski definition) is 2. The van der Waals surface area contributed by atoms with Crippen LogP contribution in [0.2, 0.25) is 0 Å². The molecular weight excluding hydrogens is 142 g/mol. The molecular formula is C8H17NO2. The third-order valence-electron chi connectivity index (χ3n) is 1.84. The molecule has 1 rings (SSSR count). The molecule has 0 aromatic rings. The van der Waals surface area contributed by atoms with E-state index >= 15 is 0 Å². The lowest BCUT2D eigenvalue weighted by molar-refractivity contribution is -0.122. The van der Waals surface area contributed by atoms with E-state index in [1.54, 1.807) is 0 Å². The van der Waals surface area contributed by atoms with Gasteiger partial charge in [-0.05, 0) is 33.6 Å². The van der Waals surface area contributed by atoms with Crippen LogP contribution in [0.3, 0.4) is 0 Å². The van der Waals surface area contributed by atoms with E-state index in [1.807, 2.05) is 0 Å². The van der Waals surface area contributed by atoms with Crippen molar-refractivity contribution in [2.75, 3.05) is 0 Å². The van der Waals surface area contributed by atoms with Crippen molar-refractivity contribution in [3.05, 3.63) is 0 Å². The third-order valence-corrected chi connectivity index (χ3v) is 1.84. The van der Waals surface area contributed by atoms with Crippen LogP contribution < -0.4 is 5.32 Å². The molecule has 1 unspecified atom stereocenters. The van der Waals surface area contributed by atoms with E-state index in [2.05, 4.69) is 26.1 Å². The first-order valence-electron chi connectivity index (χ1n) is 3.87. The minimum absolute atomic E-state index is 0.250. The minimum Gasteiger partial charge on any atom is -0.483 e. The summed E-state index contributed by atoms with van der Waals surface area (Å²) < 4.78 is 0. The molecule has 3 heteroatoms. The molecule has 0 saturated carbocycles. The maximum atomic E-state index is 8.36. The number of hydrogen-bond acceptors (Lipinski definition) is 2. The minimum atomic E-state index is -0.250. The molecule has 1 aliphatic heterocycles. The quantitative estimate of drug-likeness (QED) is 0.523. The normalized spacial score (nSPS) is 27.0. The van der Waals surface area contributed by atoms with Gasteiger partial charge >= 0.3 is 0 Å². The van der Waals surface area contributed by atoms with Crippen molar-refractivity contribution < 1.29 is 9.90 Å². The van der Waals surface area contributed by atoms with Gasteiger partial charge in [-0.2, -0.15) is 0 Å². The van der Waals surface area contributed by atoms with Crippen LogP contribution in [0.1, 0.15) is 33.6 Å². The van der Waals surface area contributed by atoms with Gasteiger partial charge in [0.15, 0.2) is 0 Å². The summed E-state index contributed by atoms with van der Waals surface area (Å²) in [5.41, 5.74) is 0.416. The van der Waals surface area contributed by atoms with Crippen LogP contribution in [0.25, 0.3) is 0 Å². The first-order valence-corrected chi connectivity index (χ1v) is 3.87. The van der Waals surface area contributed by atoms with Crippen LogP contribution in [0.4, 0.5) is 0 Å². The summed E-state index contributed by atoms with van der Waals surface area (Å²) in [5.74, 6) is 0. The summed E-state index contributed by atoms with van der Waals surface area (Å²) in [6.07, 6.45) is 2.67. The van der Waals surface area contributed by atoms with Crippen LogP contribution in [0, 0.1) is 0 Å². The van der Waals surface area contributed by atoms with E-state index in [9.17, 15) is 0 Å². The molecule has 11 heavy (non-hydrogen) atoms. The summed E-state index contributed by atoms with van der Waals surface area (Å²) in [6, 6.07) is 0.741. The van der Waals surface area contributed by atoms with Crippen LogP contribution in [-0.2, 0) is 4.79 Å². The Kier molecular flexibility index (Phi) is 4.11. The second kappa shape index (κ2) is 4.34. The van der Waals surface area contributed by atoms with Crippen molar-refractivity contribution in [3.63, 3.8) is 0 Å². The molecule has 1 fully saturated rings. The van der Waals surface area contributed by atoms with Crippen molar-refractivity contribution in [1.29, 1.82) is 0 Å². The van der Waals surface area contributed by atoms with Crippen LogP contribution in [0.5, 0.6) is 0 Å². The molecule has 0 aromatic heterocycles. The van der Waals surface area contributed by atoms with Crippen molar-refractivity contribution >= 4 is 6.47 Å². The molecule has 0 radical (unpaired) electrons. The summed E-state index contributed by atoms with van der Waals surface area (Å²) in [6.45, 7) is 6.52. The van der Waals surface area contributed by atoms with Crippen LogP contribution >= 0.6 is 0 Å². The Balaban J connectivity index is 0.000000292. The molecule has 1 saturated heterocycles. The van der Waals surface area contributed by atoms with Gasteiger partial charge in [-0.25, -0.2) is 0 Å². The summed E-state index contributed by atoms with van der Waals surface area (Å²) in [5, 5.41) is 10.4. The molecule has 2 N–H and O–H groups in total. The van der Waals surface area contributed by atoms with E-state index in [0.717, 1.165) is 6.04 Å². The molecule has 0 amide bonds. The Bertz CT molecular complexity index is 123. The Hall–Kier alpha value is -0.570. The van der Waals surface area contributed by atoms with E-state index in [4.69, 9.17) is 9.90 Å². The molecule has 66 valence electrons. The fraction of sp³-hybridized carbons (Fsp3) is 0.875. The highest BCUT2D eigenvalue weighted by Gasteiger charge is 2.26. The Morgan fingerprint density at radius 2 is 2.09 bits per heavy atom. The smallest absolute Gasteiger partial charge is 0.290 e. The zero-order valence-corrected chi connectivity index (χ0v) is 7.42. The van der Waals surface area contributed by atoms with Crippen LogP contribution in [0.15, 0.2) is 0 Å². The SMILES string of the molecule is CC1CCC(C)(C)N1.O=CO. The standard InChI is InChI=1S/C7H15N.CH2O2/c1-6-4-5-7(2,3)8-6;2-1-3/h6,8H,4-5H2,1-3H3;1H,(H,2,3). The zero-order chi connectivity index (χ0) is 8.91. The average molecular weight is 159 g/mol. The monoisotopic (exact) mass is 159 g/mol. The number of nitrogens with one attached hydrogen (secondary N) is 1. The highest BCUT2D eigenvalue weighted by Crippen LogP contribution is 2.21.